The minimum absolute atomic E-state index is 0.165. The zero-order valence-electron chi connectivity index (χ0n) is 14.8. The van der Waals surface area contributed by atoms with Crippen LogP contribution in [0.15, 0.2) is 79.1 Å². The smallest absolute Gasteiger partial charge is 0.241 e. The Bertz CT molecular complexity index is 987. The molecule has 5 nitrogen and oxygen atoms in total. The van der Waals surface area contributed by atoms with E-state index in [0.29, 0.717) is 11.4 Å². The summed E-state index contributed by atoms with van der Waals surface area (Å²) in [6.45, 7) is 0.165. The first-order valence-electron chi connectivity index (χ1n) is 8.92. The third kappa shape index (κ3) is 3.56. The third-order valence-corrected chi connectivity index (χ3v) is 4.81. The van der Waals surface area contributed by atoms with Crippen LogP contribution in [0.4, 0.5) is 5.69 Å². The van der Waals surface area contributed by atoms with Gasteiger partial charge in [0, 0.05) is 23.4 Å². The Balaban J connectivity index is 1.53. The van der Waals surface area contributed by atoms with E-state index in [9.17, 15) is 10.0 Å². The number of aryl methyl sites for hydroxylation is 2. The summed E-state index contributed by atoms with van der Waals surface area (Å²) in [6.07, 6.45) is 4.68. The van der Waals surface area contributed by atoms with Crippen molar-refractivity contribution in [2.75, 3.05) is 6.54 Å². The van der Waals surface area contributed by atoms with Crippen LogP contribution in [0.25, 0.3) is 5.57 Å². The minimum atomic E-state index is -0.750. The van der Waals surface area contributed by atoms with Gasteiger partial charge in [-0.2, -0.15) is 0 Å². The van der Waals surface area contributed by atoms with E-state index in [1.807, 2.05) is 42.5 Å². The Morgan fingerprint density at radius 3 is 2.37 bits per heavy atom. The fourth-order valence-electron chi connectivity index (χ4n) is 3.30. The van der Waals surface area contributed by atoms with Crippen LogP contribution in [0.3, 0.4) is 0 Å². The summed E-state index contributed by atoms with van der Waals surface area (Å²) in [5.41, 5.74) is 4.12. The van der Waals surface area contributed by atoms with E-state index in [2.05, 4.69) is 22.1 Å². The maximum Gasteiger partial charge on any atom is 0.376 e. The van der Waals surface area contributed by atoms with Crippen molar-refractivity contribution in [2.45, 2.75) is 12.8 Å². The van der Waals surface area contributed by atoms with Gasteiger partial charge < -0.3 is 0 Å². The highest BCUT2D eigenvalue weighted by atomic mass is 16.6. The summed E-state index contributed by atoms with van der Waals surface area (Å²) < 4.78 is -0.750. The molecule has 1 atom stereocenters. The lowest BCUT2D eigenvalue weighted by molar-refractivity contribution is -0.151. The molecular formula is C22H20N3O2+. The fourth-order valence-corrected chi connectivity index (χ4v) is 3.30. The molecule has 0 saturated carbocycles. The van der Waals surface area contributed by atoms with Crippen LogP contribution in [0.1, 0.15) is 17.0 Å². The number of nitrogens with zero attached hydrogens (tertiary/aromatic N) is 3. The molecule has 0 spiro atoms. The number of hydrogen-bond acceptors (Lipinski definition) is 4. The topological polar surface area (TPSA) is 63.1 Å². The van der Waals surface area contributed by atoms with Gasteiger partial charge in [-0.15, -0.1) is 0 Å². The number of benzene rings is 2. The standard InChI is InChI=1S/C22H20N3O2/c26-22-13-18(15-25(22,27)20-9-5-2-6-10-20)21-14-19(23-16-24-21)12-11-17-7-3-1-4-8-17/h1-10,13-14,16,27H,11-12,15H2/q+1. The third-order valence-electron chi connectivity index (χ3n) is 4.81. The second kappa shape index (κ2) is 7.23. The van der Waals surface area contributed by atoms with Gasteiger partial charge in [-0.05, 0) is 24.5 Å². The molecule has 1 unspecified atom stereocenters. The summed E-state index contributed by atoms with van der Waals surface area (Å²) in [7, 11) is 0. The van der Waals surface area contributed by atoms with Gasteiger partial charge in [-0.3, -0.25) is 0 Å². The number of amides is 1. The second-order valence-corrected chi connectivity index (χ2v) is 6.65. The van der Waals surface area contributed by atoms with Crippen LogP contribution in [-0.2, 0) is 17.6 Å². The van der Waals surface area contributed by atoms with E-state index in [1.54, 1.807) is 12.1 Å². The number of carbonyl (C=O) groups is 1. The molecule has 3 aromatic rings. The normalized spacial score (nSPS) is 19.1. The highest BCUT2D eigenvalue weighted by Gasteiger charge is 2.44. The first-order valence-corrected chi connectivity index (χ1v) is 8.92. The molecular weight excluding hydrogens is 338 g/mol. The predicted molar refractivity (Wildman–Crippen MR) is 104 cm³/mol. The Morgan fingerprint density at radius 1 is 0.926 bits per heavy atom. The van der Waals surface area contributed by atoms with Crippen LogP contribution in [-0.4, -0.2) is 27.6 Å². The molecule has 2 heterocycles. The summed E-state index contributed by atoms with van der Waals surface area (Å²) in [6, 6.07) is 21.1. The maximum absolute atomic E-state index is 12.5. The largest absolute Gasteiger partial charge is 0.376 e. The summed E-state index contributed by atoms with van der Waals surface area (Å²) in [4.78, 5) is 21.1. The van der Waals surface area contributed by atoms with Crippen LogP contribution >= 0.6 is 0 Å². The van der Waals surface area contributed by atoms with E-state index in [1.165, 1.54) is 18.0 Å². The van der Waals surface area contributed by atoms with Crippen molar-refractivity contribution in [1.29, 1.82) is 0 Å². The van der Waals surface area contributed by atoms with E-state index in [0.717, 1.165) is 24.1 Å². The SMILES string of the molecule is O=C1C=C(c2cc(CCc3ccccc3)ncn2)C[N+]1(O)c1ccccc1. The van der Waals surface area contributed by atoms with E-state index < -0.39 is 4.65 Å². The van der Waals surface area contributed by atoms with Crippen LogP contribution in [0.2, 0.25) is 0 Å². The average Bonchev–Trinajstić information content (AvgIpc) is 3.04. The Kier molecular flexibility index (Phi) is 4.62. The molecule has 0 radical (unpaired) electrons. The number of aromatic nitrogens is 2. The molecule has 1 amide bonds. The highest BCUT2D eigenvalue weighted by molar-refractivity contribution is 6.06. The van der Waals surface area contributed by atoms with Crippen molar-refractivity contribution in [3.05, 3.63) is 96.1 Å². The number of hydroxylamine groups is 2. The van der Waals surface area contributed by atoms with Crippen molar-refractivity contribution >= 4 is 17.2 Å². The van der Waals surface area contributed by atoms with Crippen LogP contribution < -0.4 is 4.65 Å². The lowest BCUT2D eigenvalue weighted by Crippen LogP contribution is -2.47. The van der Waals surface area contributed by atoms with Crippen molar-refractivity contribution in [1.82, 2.24) is 14.6 Å². The van der Waals surface area contributed by atoms with Gasteiger partial charge in [0.1, 0.15) is 6.33 Å². The van der Waals surface area contributed by atoms with Gasteiger partial charge in [0.05, 0.1) is 11.8 Å². The molecule has 0 saturated heterocycles. The molecule has 5 heteroatoms. The number of para-hydroxylation sites is 1. The van der Waals surface area contributed by atoms with Gasteiger partial charge in [0.25, 0.3) is 0 Å². The van der Waals surface area contributed by atoms with E-state index >= 15 is 0 Å². The average molecular weight is 358 g/mol. The molecule has 1 aromatic heterocycles. The summed E-state index contributed by atoms with van der Waals surface area (Å²) in [5, 5.41) is 10.9. The summed E-state index contributed by atoms with van der Waals surface area (Å²) in [5.74, 6) is -0.361. The molecule has 1 aliphatic rings. The van der Waals surface area contributed by atoms with Crippen molar-refractivity contribution in [2.24, 2.45) is 0 Å². The van der Waals surface area contributed by atoms with Gasteiger partial charge in [0.2, 0.25) is 0 Å². The summed E-state index contributed by atoms with van der Waals surface area (Å²) >= 11 is 0. The Hall–Kier alpha value is -3.15. The minimum Gasteiger partial charge on any atom is -0.241 e. The van der Waals surface area contributed by atoms with Crippen molar-refractivity contribution in [3.63, 3.8) is 0 Å². The quantitative estimate of drug-likeness (QED) is 0.559. The van der Waals surface area contributed by atoms with Crippen molar-refractivity contribution < 1.29 is 10.0 Å². The van der Waals surface area contributed by atoms with Crippen LogP contribution in [0, 0.1) is 0 Å². The fraction of sp³-hybridized carbons (Fsp3) is 0.136. The zero-order valence-corrected chi connectivity index (χ0v) is 14.8. The van der Waals surface area contributed by atoms with Gasteiger partial charge in [-0.25, -0.2) is 20.0 Å². The molecule has 0 bridgehead atoms. The predicted octanol–water partition coefficient (Wildman–Crippen LogP) is 3.58. The maximum atomic E-state index is 12.5. The molecule has 4 rings (SSSR count). The van der Waals surface area contributed by atoms with E-state index in [4.69, 9.17) is 0 Å². The number of carbonyl (C=O) groups excluding carboxylic acids is 1. The molecule has 1 N–H and O–H groups in total. The highest BCUT2D eigenvalue weighted by Crippen LogP contribution is 2.31. The number of rotatable bonds is 5. The van der Waals surface area contributed by atoms with Gasteiger partial charge in [-0.1, -0.05) is 53.2 Å². The first-order chi connectivity index (χ1) is 13.1. The van der Waals surface area contributed by atoms with Crippen molar-refractivity contribution in [3.8, 4) is 0 Å². The lowest BCUT2D eigenvalue weighted by atomic mass is 10.1. The monoisotopic (exact) mass is 358 g/mol. The molecule has 2 aromatic carbocycles. The zero-order chi connectivity index (χ0) is 18.7. The molecule has 0 aliphatic carbocycles. The number of hydrogen-bond donors (Lipinski definition) is 1. The Labute approximate surface area is 157 Å². The molecule has 134 valence electrons. The second-order valence-electron chi connectivity index (χ2n) is 6.65. The lowest BCUT2D eigenvalue weighted by Gasteiger charge is -2.21. The van der Waals surface area contributed by atoms with Gasteiger partial charge >= 0.3 is 5.91 Å². The van der Waals surface area contributed by atoms with E-state index in [-0.39, 0.29) is 12.5 Å². The Morgan fingerprint density at radius 2 is 1.63 bits per heavy atom. The molecule has 27 heavy (non-hydrogen) atoms. The van der Waals surface area contributed by atoms with Crippen LogP contribution in [0.5, 0.6) is 0 Å². The molecule has 0 fully saturated rings. The molecule has 1 aliphatic heterocycles. The first kappa shape index (κ1) is 17.3. The number of quaternary nitrogens is 1. The van der Waals surface area contributed by atoms with Gasteiger partial charge in [0.15, 0.2) is 12.2 Å².